The molecule has 26 heavy (non-hydrogen) atoms. The van der Waals surface area contributed by atoms with Crippen LogP contribution >= 0.6 is 0 Å². The van der Waals surface area contributed by atoms with E-state index in [9.17, 15) is 4.79 Å². The number of aromatic nitrogens is 3. The zero-order valence-electron chi connectivity index (χ0n) is 15.6. The van der Waals surface area contributed by atoms with Gasteiger partial charge in [0.15, 0.2) is 0 Å². The first-order chi connectivity index (χ1) is 12.5. The lowest BCUT2D eigenvalue weighted by Crippen LogP contribution is -2.48. The summed E-state index contributed by atoms with van der Waals surface area (Å²) in [5.41, 5.74) is 2.10. The van der Waals surface area contributed by atoms with Gasteiger partial charge in [0, 0.05) is 51.4 Å². The molecule has 0 aliphatic carbocycles. The normalized spacial score (nSPS) is 14.6. The second kappa shape index (κ2) is 8.12. The van der Waals surface area contributed by atoms with Gasteiger partial charge in [0.05, 0.1) is 5.69 Å². The number of nitrogens with zero attached hydrogens (tertiary/aromatic N) is 5. The molecule has 0 atom stereocenters. The molecule has 7 nitrogen and oxygen atoms in total. The van der Waals surface area contributed by atoms with E-state index in [1.807, 2.05) is 29.3 Å². The molecule has 1 aliphatic rings. The van der Waals surface area contributed by atoms with Gasteiger partial charge in [-0.15, -0.1) is 5.10 Å². The van der Waals surface area contributed by atoms with Gasteiger partial charge >= 0.3 is 0 Å². The van der Waals surface area contributed by atoms with Gasteiger partial charge in [0.1, 0.15) is 11.6 Å². The molecular weight excluding hydrogens is 328 g/mol. The van der Waals surface area contributed by atoms with Crippen LogP contribution < -0.4 is 10.2 Å². The monoisotopic (exact) mass is 354 g/mol. The van der Waals surface area contributed by atoms with Crippen LogP contribution in [0.4, 0.5) is 11.6 Å². The van der Waals surface area contributed by atoms with Crippen LogP contribution in [-0.4, -0.2) is 52.2 Å². The molecule has 2 aromatic heterocycles. The maximum atomic E-state index is 11.5. The first kappa shape index (κ1) is 18.1. The van der Waals surface area contributed by atoms with E-state index in [1.165, 1.54) is 0 Å². The molecule has 7 heteroatoms. The summed E-state index contributed by atoms with van der Waals surface area (Å²) in [7, 11) is 0. The summed E-state index contributed by atoms with van der Waals surface area (Å²) in [5, 5.41) is 11.8. The number of carbonyl (C=O) groups is 1. The van der Waals surface area contributed by atoms with E-state index in [-0.39, 0.29) is 5.91 Å². The zero-order chi connectivity index (χ0) is 18.5. The fraction of sp³-hybridized carbons (Fsp3) is 0.474. The van der Waals surface area contributed by atoms with Crippen LogP contribution in [0.3, 0.4) is 0 Å². The molecule has 0 radical (unpaired) electrons. The highest BCUT2D eigenvalue weighted by molar-refractivity contribution is 5.73. The third-order valence-corrected chi connectivity index (χ3v) is 4.63. The van der Waals surface area contributed by atoms with Crippen LogP contribution in [0.15, 0.2) is 30.5 Å². The largest absolute Gasteiger partial charge is 0.364 e. The number of carbonyl (C=O) groups excluding carboxylic acids is 1. The Morgan fingerprint density at radius 3 is 2.54 bits per heavy atom. The molecular formula is C19H26N6O. The van der Waals surface area contributed by atoms with Gasteiger partial charge in [-0.2, -0.15) is 5.10 Å². The van der Waals surface area contributed by atoms with Gasteiger partial charge in [-0.25, -0.2) is 4.98 Å². The molecule has 0 spiro atoms. The van der Waals surface area contributed by atoms with Crippen molar-refractivity contribution in [2.24, 2.45) is 0 Å². The van der Waals surface area contributed by atoms with E-state index in [4.69, 9.17) is 0 Å². The maximum Gasteiger partial charge on any atom is 0.219 e. The lowest BCUT2D eigenvalue weighted by Gasteiger charge is -2.35. The summed E-state index contributed by atoms with van der Waals surface area (Å²) in [6.45, 7) is 9.53. The minimum Gasteiger partial charge on any atom is -0.364 e. The van der Waals surface area contributed by atoms with E-state index in [1.54, 1.807) is 6.92 Å². The fourth-order valence-electron chi connectivity index (χ4n) is 3.02. The minimum atomic E-state index is 0.135. The summed E-state index contributed by atoms with van der Waals surface area (Å²) in [5.74, 6) is 2.23. The predicted molar refractivity (Wildman–Crippen MR) is 102 cm³/mol. The molecule has 3 heterocycles. The van der Waals surface area contributed by atoms with Crippen molar-refractivity contribution in [2.75, 3.05) is 36.4 Å². The predicted octanol–water partition coefficient (Wildman–Crippen LogP) is 2.28. The Balaban J connectivity index is 1.65. The molecule has 1 fully saturated rings. The first-order valence-corrected chi connectivity index (χ1v) is 9.06. The maximum absolute atomic E-state index is 11.5. The van der Waals surface area contributed by atoms with Gasteiger partial charge in [0.2, 0.25) is 5.91 Å². The third kappa shape index (κ3) is 4.28. The highest BCUT2D eigenvalue weighted by atomic mass is 16.2. The Kier molecular flexibility index (Phi) is 5.65. The molecule has 1 saturated heterocycles. The Morgan fingerprint density at radius 2 is 1.92 bits per heavy atom. The summed E-state index contributed by atoms with van der Waals surface area (Å²) in [6, 6.07) is 7.98. The fourth-order valence-corrected chi connectivity index (χ4v) is 3.02. The van der Waals surface area contributed by atoms with Crippen LogP contribution in [0.2, 0.25) is 0 Å². The van der Waals surface area contributed by atoms with E-state index in [0.717, 1.165) is 49.1 Å². The van der Waals surface area contributed by atoms with Crippen molar-refractivity contribution in [2.45, 2.75) is 33.2 Å². The molecule has 0 unspecified atom stereocenters. The molecule has 0 saturated carbocycles. The summed E-state index contributed by atoms with van der Waals surface area (Å²) in [6.07, 6.45) is 1.81. The van der Waals surface area contributed by atoms with Crippen LogP contribution in [0.5, 0.6) is 0 Å². The Morgan fingerprint density at radius 1 is 1.15 bits per heavy atom. The quantitative estimate of drug-likeness (QED) is 0.888. The Bertz CT molecular complexity index is 738. The molecule has 138 valence electrons. The van der Waals surface area contributed by atoms with Crippen molar-refractivity contribution < 1.29 is 4.79 Å². The minimum absolute atomic E-state index is 0.135. The van der Waals surface area contributed by atoms with Crippen LogP contribution in [0.25, 0.3) is 0 Å². The highest BCUT2D eigenvalue weighted by Gasteiger charge is 2.21. The summed E-state index contributed by atoms with van der Waals surface area (Å²) < 4.78 is 0. The van der Waals surface area contributed by atoms with E-state index in [0.29, 0.717) is 12.5 Å². The summed E-state index contributed by atoms with van der Waals surface area (Å²) >= 11 is 0. The Labute approximate surface area is 154 Å². The second-order valence-corrected chi connectivity index (χ2v) is 6.83. The van der Waals surface area contributed by atoms with Gasteiger partial charge in [-0.05, 0) is 24.1 Å². The molecule has 2 aromatic rings. The Hall–Kier alpha value is -2.70. The number of pyridine rings is 1. The number of hydrogen-bond acceptors (Lipinski definition) is 6. The third-order valence-electron chi connectivity index (χ3n) is 4.63. The SMILES string of the molecule is CC(=O)N1CCN(c2ncccc2CNc2ccc(C(C)C)nn2)CC1. The molecule has 0 aromatic carbocycles. The average molecular weight is 354 g/mol. The summed E-state index contributed by atoms with van der Waals surface area (Å²) in [4.78, 5) is 20.2. The van der Waals surface area contributed by atoms with Crippen LogP contribution in [-0.2, 0) is 11.3 Å². The van der Waals surface area contributed by atoms with Crippen molar-refractivity contribution in [1.82, 2.24) is 20.1 Å². The number of rotatable bonds is 5. The van der Waals surface area contributed by atoms with Crippen molar-refractivity contribution in [3.05, 3.63) is 41.7 Å². The van der Waals surface area contributed by atoms with E-state index < -0.39 is 0 Å². The van der Waals surface area contributed by atoms with Gasteiger partial charge in [-0.3, -0.25) is 4.79 Å². The highest BCUT2D eigenvalue weighted by Crippen LogP contribution is 2.20. The van der Waals surface area contributed by atoms with Crippen molar-refractivity contribution in [1.29, 1.82) is 0 Å². The van der Waals surface area contributed by atoms with Crippen molar-refractivity contribution in [3.63, 3.8) is 0 Å². The molecule has 1 aliphatic heterocycles. The van der Waals surface area contributed by atoms with E-state index in [2.05, 4.69) is 45.3 Å². The standard InChI is InChI=1S/C19H26N6O/c1-14(2)17-6-7-18(23-22-17)21-13-16-5-4-8-20-19(16)25-11-9-24(10-12-25)15(3)26/h4-8,14H,9-13H2,1-3H3,(H,21,23). The second-order valence-electron chi connectivity index (χ2n) is 6.83. The van der Waals surface area contributed by atoms with Crippen LogP contribution in [0, 0.1) is 0 Å². The average Bonchev–Trinajstić information content (AvgIpc) is 2.67. The van der Waals surface area contributed by atoms with Gasteiger partial charge in [0.25, 0.3) is 0 Å². The smallest absolute Gasteiger partial charge is 0.219 e. The number of anilines is 2. The topological polar surface area (TPSA) is 74.2 Å². The molecule has 0 bridgehead atoms. The van der Waals surface area contributed by atoms with E-state index >= 15 is 0 Å². The number of amides is 1. The van der Waals surface area contributed by atoms with Gasteiger partial charge < -0.3 is 15.1 Å². The number of hydrogen-bond donors (Lipinski definition) is 1. The van der Waals surface area contributed by atoms with Gasteiger partial charge in [-0.1, -0.05) is 19.9 Å². The number of nitrogens with one attached hydrogen (secondary N) is 1. The van der Waals surface area contributed by atoms with Crippen molar-refractivity contribution >= 4 is 17.5 Å². The molecule has 1 amide bonds. The van der Waals surface area contributed by atoms with Crippen LogP contribution in [0.1, 0.15) is 37.9 Å². The lowest BCUT2D eigenvalue weighted by atomic mass is 10.1. The molecule has 1 N–H and O–H groups in total. The first-order valence-electron chi connectivity index (χ1n) is 9.06. The molecule has 3 rings (SSSR count). The zero-order valence-corrected chi connectivity index (χ0v) is 15.6. The number of piperazine rings is 1. The van der Waals surface area contributed by atoms with Crippen molar-refractivity contribution in [3.8, 4) is 0 Å². The lowest BCUT2D eigenvalue weighted by molar-refractivity contribution is -0.129.